The first-order valence-electron chi connectivity index (χ1n) is 4.30. The van der Waals surface area contributed by atoms with Crippen LogP contribution in [0.3, 0.4) is 0 Å². The number of carbonyl (C=O) groups excluding carboxylic acids is 1. The predicted molar refractivity (Wildman–Crippen MR) is 64.2 cm³/mol. The van der Waals surface area contributed by atoms with E-state index in [1.54, 1.807) is 12.1 Å². The second-order valence-electron chi connectivity index (χ2n) is 2.73. The lowest BCUT2D eigenvalue weighted by Gasteiger charge is -2.04. The number of para-hydroxylation sites is 1. The second-order valence-corrected chi connectivity index (χ2v) is 3.89. The van der Waals surface area contributed by atoms with Crippen molar-refractivity contribution in [3.05, 3.63) is 40.5 Å². The molecule has 74 valence electrons. The molecule has 0 unspecified atom stereocenters. The number of rotatable bonds is 4. The molecule has 0 heterocycles. The van der Waals surface area contributed by atoms with Crippen LogP contribution in [-0.2, 0) is 4.79 Å². The van der Waals surface area contributed by atoms with Crippen molar-refractivity contribution in [1.82, 2.24) is 0 Å². The molecule has 0 atom stereocenters. The second kappa shape index (κ2) is 5.80. The zero-order valence-corrected chi connectivity index (χ0v) is 9.86. The highest BCUT2D eigenvalue weighted by Crippen LogP contribution is 2.20. The van der Waals surface area contributed by atoms with Gasteiger partial charge in [-0.1, -0.05) is 18.2 Å². The highest BCUT2D eigenvalue weighted by molar-refractivity contribution is 14.1. The number of halogens is 1. The minimum atomic E-state index is -0.214. The Morgan fingerprint density at radius 3 is 2.86 bits per heavy atom. The fourth-order valence-electron chi connectivity index (χ4n) is 0.921. The Labute approximate surface area is 97.1 Å². The SMILES string of the molecule is C=CCCC(=O)Oc1ccccc1I. The van der Waals surface area contributed by atoms with E-state index in [0.29, 0.717) is 18.6 Å². The Bertz CT molecular complexity index is 334. The number of ether oxygens (including phenoxy) is 1. The van der Waals surface area contributed by atoms with Crippen molar-refractivity contribution >= 4 is 28.6 Å². The molecule has 0 aliphatic heterocycles. The van der Waals surface area contributed by atoms with Crippen LogP contribution in [0.15, 0.2) is 36.9 Å². The zero-order chi connectivity index (χ0) is 10.4. The number of benzene rings is 1. The third kappa shape index (κ3) is 3.49. The number of carbonyl (C=O) groups is 1. The van der Waals surface area contributed by atoms with Crippen LogP contribution in [0.2, 0.25) is 0 Å². The lowest BCUT2D eigenvalue weighted by atomic mass is 10.3. The van der Waals surface area contributed by atoms with Gasteiger partial charge in [0.2, 0.25) is 0 Å². The van der Waals surface area contributed by atoms with Crippen molar-refractivity contribution in [2.24, 2.45) is 0 Å². The fraction of sp³-hybridized carbons (Fsp3) is 0.182. The summed E-state index contributed by atoms with van der Waals surface area (Å²) in [4.78, 5) is 11.3. The standard InChI is InChI=1S/C11H11IO2/c1-2-3-8-11(13)14-10-7-5-4-6-9(10)12/h2,4-7H,1,3,8H2. The molecule has 0 radical (unpaired) electrons. The summed E-state index contributed by atoms with van der Waals surface area (Å²) in [5.74, 6) is 0.413. The quantitative estimate of drug-likeness (QED) is 0.369. The molecule has 0 aliphatic rings. The molecular formula is C11H11IO2. The average molecular weight is 302 g/mol. The van der Waals surface area contributed by atoms with Crippen LogP contribution in [0.4, 0.5) is 0 Å². The highest BCUT2D eigenvalue weighted by Gasteiger charge is 2.05. The summed E-state index contributed by atoms with van der Waals surface area (Å²) in [5, 5.41) is 0. The molecule has 1 aromatic carbocycles. The molecule has 3 heteroatoms. The Hall–Kier alpha value is -0.840. The van der Waals surface area contributed by atoms with Crippen molar-refractivity contribution in [3.63, 3.8) is 0 Å². The molecule has 0 bridgehead atoms. The molecular weight excluding hydrogens is 291 g/mol. The van der Waals surface area contributed by atoms with E-state index in [1.807, 2.05) is 18.2 Å². The Balaban J connectivity index is 2.56. The molecule has 2 nitrogen and oxygen atoms in total. The van der Waals surface area contributed by atoms with E-state index in [1.165, 1.54) is 0 Å². The molecule has 0 saturated carbocycles. The largest absolute Gasteiger partial charge is 0.425 e. The third-order valence-electron chi connectivity index (χ3n) is 1.61. The van der Waals surface area contributed by atoms with Gasteiger partial charge >= 0.3 is 5.97 Å². The normalized spacial score (nSPS) is 9.50. The van der Waals surface area contributed by atoms with E-state index in [0.717, 1.165) is 3.57 Å². The van der Waals surface area contributed by atoms with E-state index >= 15 is 0 Å². The molecule has 0 fully saturated rings. The van der Waals surface area contributed by atoms with Crippen molar-refractivity contribution in [1.29, 1.82) is 0 Å². The smallest absolute Gasteiger partial charge is 0.311 e. The van der Waals surface area contributed by atoms with Crippen LogP contribution in [0.5, 0.6) is 5.75 Å². The molecule has 0 aromatic heterocycles. The van der Waals surface area contributed by atoms with Crippen LogP contribution in [-0.4, -0.2) is 5.97 Å². The van der Waals surface area contributed by atoms with Crippen molar-refractivity contribution in [2.45, 2.75) is 12.8 Å². The number of esters is 1. The molecule has 0 N–H and O–H groups in total. The van der Waals surface area contributed by atoms with Gasteiger partial charge in [0.25, 0.3) is 0 Å². The van der Waals surface area contributed by atoms with E-state index in [2.05, 4.69) is 29.2 Å². The Morgan fingerprint density at radius 2 is 2.21 bits per heavy atom. The van der Waals surface area contributed by atoms with Gasteiger partial charge in [-0.2, -0.15) is 0 Å². The first-order valence-corrected chi connectivity index (χ1v) is 5.38. The van der Waals surface area contributed by atoms with Crippen LogP contribution in [0, 0.1) is 3.57 Å². The molecule has 1 rings (SSSR count). The van der Waals surface area contributed by atoms with Crippen molar-refractivity contribution < 1.29 is 9.53 Å². The molecule has 0 aliphatic carbocycles. The van der Waals surface area contributed by atoms with Gasteiger partial charge in [0.05, 0.1) is 3.57 Å². The summed E-state index contributed by atoms with van der Waals surface area (Å²) in [6, 6.07) is 7.44. The summed E-state index contributed by atoms with van der Waals surface area (Å²) < 4.78 is 6.09. The maximum atomic E-state index is 11.3. The van der Waals surface area contributed by atoms with E-state index in [-0.39, 0.29) is 5.97 Å². The Morgan fingerprint density at radius 1 is 1.50 bits per heavy atom. The fourth-order valence-corrected chi connectivity index (χ4v) is 1.42. The summed E-state index contributed by atoms with van der Waals surface area (Å²) >= 11 is 2.13. The first kappa shape index (κ1) is 11.2. The predicted octanol–water partition coefficient (Wildman–Crippen LogP) is 3.16. The number of hydrogen-bond acceptors (Lipinski definition) is 2. The van der Waals surface area contributed by atoms with Crippen LogP contribution in [0.1, 0.15) is 12.8 Å². The summed E-state index contributed by atoms with van der Waals surface area (Å²) in [6.07, 6.45) is 2.74. The van der Waals surface area contributed by atoms with Crippen molar-refractivity contribution in [2.75, 3.05) is 0 Å². The molecule has 0 amide bonds. The molecule has 14 heavy (non-hydrogen) atoms. The van der Waals surface area contributed by atoms with Gasteiger partial charge in [-0.05, 0) is 41.1 Å². The summed E-state index contributed by atoms with van der Waals surface area (Å²) in [6.45, 7) is 3.55. The lowest BCUT2D eigenvalue weighted by Crippen LogP contribution is -2.07. The minimum absolute atomic E-state index is 0.214. The zero-order valence-electron chi connectivity index (χ0n) is 7.70. The average Bonchev–Trinajstić information content (AvgIpc) is 2.18. The van der Waals surface area contributed by atoms with Crippen molar-refractivity contribution in [3.8, 4) is 5.75 Å². The first-order chi connectivity index (χ1) is 6.74. The summed E-state index contributed by atoms with van der Waals surface area (Å²) in [7, 11) is 0. The van der Waals surface area contributed by atoms with Gasteiger partial charge < -0.3 is 4.74 Å². The monoisotopic (exact) mass is 302 g/mol. The number of hydrogen-bond donors (Lipinski definition) is 0. The summed E-state index contributed by atoms with van der Waals surface area (Å²) in [5.41, 5.74) is 0. The number of allylic oxidation sites excluding steroid dienone is 1. The van der Waals surface area contributed by atoms with Gasteiger partial charge in [-0.25, -0.2) is 0 Å². The van der Waals surface area contributed by atoms with Crippen LogP contribution >= 0.6 is 22.6 Å². The van der Waals surface area contributed by atoms with Gasteiger partial charge in [0.15, 0.2) is 0 Å². The molecule has 0 saturated heterocycles. The van der Waals surface area contributed by atoms with Gasteiger partial charge in [0, 0.05) is 6.42 Å². The van der Waals surface area contributed by atoms with Gasteiger partial charge in [-0.3, -0.25) is 4.79 Å². The third-order valence-corrected chi connectivity index (χ3v) is 2.50. The Kier molecular flexibility index (Phi) is 4.65. The lowest BCUT2D eigenvalue weighted by molar-refractivity contribution is -0.134. The van der Waals surface area contributed by atoms with Crippen LogP contribution < -0.4 is 4.74 Å². The van der Waals surface area contributed by atoms with Crippen LogP contribution in [0.25, 0.3) is 0 Å². The molecule has 1 aromatic rings. The van der Waals surface area contributed by atoms with E-state index < -0.39 is 0 Å². The molecule has 0 spiro atoms. The topological polar surface area (TPSA) is 26.3 Å². The minimum Gasteiger partial charge on any atom is -0.425 e. The van der Waals surface area contributed by atoms with Gasteiger partial charge in [0.1, 0.15) is 5.75 Å². The maximum Gasteiger partial charge on any atom is 0.311 e. The van der Waals surface area contributed by atoms with E-state index in [4.69, 9.17) is 4.74 Å². The maximum absolute atomic E-state index is 11.3. The van der Waals surface area contributed by atoms with Gasteiger partial charge in [-0.15, -0.1) is 6.58 Å². The van der Waals surface area contributed by atoms with E-state index in [9.17, 15) is 4.79 Å². The highest BCUT2D eigenvalue weighted by atomic mass is 127.